The highest BCUT2D eigenvalue weighted by molar-refractivity contribution is 9.10. The number of hydrogen-bond acceptors (Lipinski definition) is 2. The molecule has 0 fully saturated rings. The van der Waals surface area contributed by atoms with Gasteiger partial charge in [-0.05, 0) is 24.3 Å². The summed E-state index contributed by atoms with van der Waals surface area (Å²) in [6.07, 6.45) is 0. The van der Waals surface area contributed by atoms with E-state index < -0.39 is 11.6 Å². The molecule has 2 rings (SSSR count). The molecule has 98 valence electrons. The number of ketones is 1. The molecule has 0 amide bonds. The van der Waals surface area contributed by atoms with Gasteiger partial charge in [0.1, 0.15) is 0 Å². The molecule has 5 heteroatoms. The molecular weight excluding hydrogens is 318 g/mol. The van der Waals surface area contributed by atoms with Gasteiger partial charge in [-0.3, -0.25) is 4.79 Å². The van der Waals surface area contributed by atoms with Gasteiger partial charge >= 0.3 is 0 Å². The molecule has 0 heterocycles. The normalized spacial score (nSPS) is 10.3. The molecule has 0 saturated carbocycles. The van der Waals surface area contributed by atoms with Crippen molar-refractivity contribution >= 4 is 21.7 Å². The maximum atomic E-state index is 13.3. The second-order valence-corrected chi connectivity index (χ2v) is 4.69. The van der Waals surface area contributed by atoms with Crippen molar-refractivity contribution < 1.29 is 18.3 Å². The van der Waals surface area contributed by atoms with Crippen LogP contribution in [0.15, 0.2) is 46.9 Å². The van der Waals surface area contributed by atoms with E-state index >= 15 is 0 Å². The fourth-order valence-electron chi connectivity index (χ4n) is 1.46. The Bertz CT molecular complexity index is 597. The van der Waals surface area contributed by atoms with E-state index in [4.69, 9.17) is 4.74 Å². The van der Waals surface area contributed by atoms with Crippen molar-refractivity contribution in [2.45, 2.75) is 0 Å². The number of benzene rings is 2. The Hall–Kier alpha value is -1.75. The van der Waals surface area contributed by atoms with Crippen molar-refractivity contribution in [2.24, 2.45) is 0 Å². The van der Waals surface area contributed by atoms with Gasteiger partial charge in [-0.1, -0.05) is 34.1 Å². The van der Waals surface area contributed by atoms with Crippen LogP contribution in [0.25, 0.3) is 0 Å². The number of carbonyl (C=O) groups excluding carboxylic acids is 1. The van der Waals surface area contributed by atoms with Crippen molar-refractivity contribution in [1.82, 2.24) is 0 Å². The fraction of sp³-hybridized carbons (Fsp3) is 0.0714. The predicted octanol–water partition coefficient (Wildman–Crippen LogP) is 3.99. The topological polar surface area (TPSA) is 26.3 Å². The molecule has 0 aromatic heterocycles. The number of carbonyl (C=O) groups is 1. The van der Waals surface area contributed by atoms with Gasteiger partial charge < -0.3 is 4.74 Å². The van der Waals surface area contributed by atoms with Crippen molar-refractivity contribution in [3.05, 3.63) is 64.1 Å². The number of hydrogen-bond donors (Lipinski definition) is 0. The van der Waals surface area contributed by atoms with E-state index in [0.717, 1.165) is 10.5 Å². The standard InChI is InChI=1S/C14H9BrF2O2/c15-10-6-4-9(5-7-10)12(18)8-19-13-3-1-2-11(16)14(13)17/h1-7H,8H2. The first kappa shape index (κ1) is 13.7. The quantitative estimate of drug-likeness (QED) is 0.794. The average Bonchev–Trinajstić information content (AvgIpc) is 2.41. The number of ether oxygens (including phenoxy) is 1. The summed E-state index contributed by atoms with van der Waals surface area (Å²) in [4.78, 5) is 11.8. The predicted molar refractivity (Wildman–Crippen MR) is 70.3 cm³/mol. The van der Waals surface area contributed by atoms with E-state index in [1.165, 1.54) is 12.1 Å². The van der Waals surface area contributed by atoms with E-state index in [2.05, 4.69) is 15.9 Å². The summed E-state index contributed by atoms with van der Waals surface area (Å²) in [6.45, 7) is -0.345. The third kappa shape index (κ3) is 3.38. The molecule has 0 saturated heterocycles. The molecule has 0 N–H and O–H groups in total. The minimum Gasteiger partial charge on any atom is -0.482 e. The molecule has 2 aromatic carbocycles. The van der Waals surface area contributed by atoms with Crippen LogP contribution in [-0.4, -0.2) is 12.4 Å². The first-order chi connectivity index (χ1) is 9.08. The Kier molecular flexibility index (Phi) is 4.27. The summed E-state index contributed by atoms with van der Waals surface area (Å²) in [5.74, 6) is -2.68. The zero-order valence-corrected chi connectivity index (χ0v) is 11.3. The first-order valence-corrected chi connectivity index (χ1v) is 6.23. The lowest BCUT2D eigenvalue weighted by molar-refractivity contribution is 0.0918. The second kappa shape index (κ2) is 5.93. The molecule has 0 bridgehead atoms. The van der Waals surface area contributed by atoms with E-state index in [-0.39, 0.29) is 18.1 Å². The van der Waals surface area contributed by atoms with Gasteiger partial charge in [0.2, 0.25) is 5.82 Å². The van der Waals surface area contributed by atoms with Crippen LogP contribution in [0, 0.1) is 11.6 Å². The number of halogens is 3. The summed E-state index contributed by atoms with van der Waals surface area (Å²) in [5, 5.41) is 0. The Morgan fingerprint density at radius 3 is 2.47 bits per heavy atom. The largest absolute Gasteiger partial charge is 0.482 e. The molecule has 0 aliphatic rings. The van der Waals surface area contributed by atoms with Gasteiger partial charge in [0.25, 0.3) is 0 Å². The third-order valence-corrected chi connectivity index (χ3v) is 2.97. The van der Waals surface area contributed by atoms with Crippen LogP contribution in [0.2, 0.25) is 0 Å². The molecule has 19 heavy (non-hydrogen) atoms. The molecular formula is C14H9BrF2O2. The van der Waals surface area contributed by atoms with Gasteiger partial charge in [-0.25, -0.2) is 4.39 Å². The smallest absolute Gasteiger partial charge is 0.200 e. The zero-order valence-electron chi connectivity index (χ0n) is 9.70. The van der Waals surface area contributed by atoms with Crippen LogP contribution >= 0.6 is 15.9 Å². The van der Waals surface area contributed by atoms with Crippen LogP contribution in [-0.2, 0) is 0 Å². The highest BCUT2D eigenvalue weighted by Crippen LogP contribution is 2.19. The lowest BCUT2D eigenvalue weighted by Gasteiger charge is -2.07. The Morgan fingerprint density at radius 2 is 1.79 bits per heavy atom. The zero-order chi connectivity index (χ0) is 13.8. The Morgan fingerprint density at radius 1 is 1.11 bits per heavy atom. The van der Waals surface area contributed by atoms with Crippen molar-refractivity contribution in [3.63, 3.8) is 0 Å². The Balaban J connectivity index is 2.04. The van der Waals surface area contributed by atoms with Gasteiger partial charge in [0.05, 0.1) is 0 Å². The Labute approximate surface area is 117 Å². The molecule has 0 radical (unpaired) electrons. The lowest BCUT2D eigenvalue weighted by atomic mass is 10.1. The van der Waals surface area contributed by atoms with Gasteiger partial charge in [0.15, 0.2) is 24.0 Å². The average molecular weight is 327 g/mol. The maximum absolute atomic E-state index is 13.3. The first-order valence-electron chi connectivity index (χ1n) is 5.43. The van der Waals surface area contributed by atoms with Crippen molar-refractivity contribution in [2.75, 3.05) is 6.61 Å². The highest BCUT2D eigenvalue weighted by Gasteiger charge is 2.11. The van der Waals surface area contributed by atoms with E-state index in [0.29, 0.717) is 5.56 Å². The molecule has 2 aromatic rings. The van der Waals surface area contributed by atoms with E-state index in [9.17, 15) is 13.6 Å². The summed E-state index contributed by atoms with van der Waals surface area (Å²) in [7, 11) is 0. The lowest BCUT2D eigenvalue weighted by Crippen LogP contribution is -2.12. The molecule has 0 spiro atoms. The number of rotatable bonds is 4. The summed E-state index contributed by atoms with van der Waals surface area (Å²) in [6, 6.07) is 10.3. The van der Waals surface area contributed by atoms with E-state index in [1.54, 1.807) is 24.3 Å². The molecule has 0 aliphatic heterocycles. The van der Waals surface area contributed by atoms with E-state index in [1.807, 2.05) is 0 Å². The summed E-state index contributed by atoms with van der Waals surface area (Å²) >= 11 is 3.25. The maximum Gasteiger partial charge on any atom is 0.200 e. The van der Waals surface area contributed by atoms with Crippen molar-refractivity contribution in [1.29, 1.82) is 0 Å². The van der Waals surface area contributed by atoms with Crippen LogP contribution in [0.3, 0.4) is 0 Å². The van der Waals surface area contributed by atoms with Gasteiger partial charge in [-0.15, -0.1) is 0 Å². The van der Waals surface area contributed by atoms with Crippen LogP contribution < -0.4 is 4.74 Å². The summed E-state index contributed by atoms with van der Waals surface area (Å²) in [5.41, 5.74) is 0.444. The number of Topliss-reactive ketones (excluding diaryl/α,β-unsaturated/α-hetero) is 1. The van der Waals surface area contributed by atoms with Crippen LogP contribution in [0.1, 0.15) is 10.4 Å². The minimum atomic E-state index is -1.09. The minimum absolute atomic E-state index is 0.273. The second-order valence-electron chi connectivity index (χ2n) is 3.77. The molecule has 0 aliphatic carbocycles. The molecule has 2 nitrogen and oxygen atoms in total. The van der Waals surface area contributed by atoms with Gasteiger partial charge in [0, 0.05) is 10.0 Å². The molecule has 0 unspecified atom stereocenters. The monoisotopic (exact) mass is 326 g/mol. The fourth-order valence-corrected chi connectivity index (χ4v) is 1.72. The van der Waals surface area contributed by atoms with Crippen molar-refractivity contribution in [3.8, 4) is 5.75 Å². The summed E-state index contributed by atoms with van der Waals surface area (Å²) < 4.78 is 32.1. The highest BCUT2D eigenvalue weighted by atomic mass is 79.9. The van der Waals surface area contributed by atoms with Crippen LogP contribution in [0.5, 0.6) is 5.75 Å². The third-order valence-electron chi connectivity index (χ3n) is 2.44. The SMILES string of the molecule is O=C(COc1cccc(F)c1F)c1ccc(Br)cc1. The van der Waals surface area contributed by atoms with Crippen LogP contribution in [0.4, 0.5) is 8.78 Å². The molecule has 0 atom stereocenters. The van der Waals surface area contributed by atoms with Gasteiger partial charge in [-0.2, -0.15) is 4.39 Å².